The minimum atomic E-state index is -1.68. The van der Waals surface area contributed by atoms with Crippen LogP contribution in [0.1, 0.15) is 133 Å². The number of aliphatic hydroxyl groups is 8. The smallest absolute Gasteiger partial charge is 0.333 e. The van der Waals surface area contributed by atoms with Crippen molar-refractivity contribution in [1.29, 1.82) is 0 Å². The number of allylic oxidation sites excluding steroid dienone is 1. The third-order valence-electron chi connectivity index (χ3n) is 20.5. The van der Waals surface area contributed by atoms with Crippen molar-refractivity contribution in [2.24, 2.45) is 22.7 Å². The Labute approximate surface area is 474 Å². The highest BCUT2D eigenvalue weighted by Crippen LogP contribution is 2.70. The van der Waals surface area contributed by atoms with Crippen molar-refractivity contribution >= 4 is 11.8 Å². The summed E-state index contributed by atoms with van der Waals surface area (Å²) in [4.78, 5) is 26.6. The van der Waals surface area contributed by atoms with Gasteiger partial charge in [0.2, 0.25) is 0 Å². The molecule has 0 aromatic rings. The monoisotopic (exact) mass is 1160 g/mol. The number of rotatable bonds is 16. The molecule has 8 N–H and O–H groups in total. The molecule has 8 fully saturated rings. The molecule has 9 aliphatic rings. The molecule has 23 nitrogen and oxygen atoms in total. The van der Waals surface area contributed by atoms with E-state index in [1.165, 1.54) is 14.0 Å². The van der Waals surface area contributed by atoms with E-state index in [0.29, 0.717) is 44.1 Å². The lowest BCUT2D eigenvalue weighted by atomic mass is 9.43. The van der Waals surface area contributed by atoms with Crippen LogP contribution < -0.4 is 0 Å². The highest BCUT2D eigenvalue weighted by Gasteiger charge is 2.77. The van der Waals surface area contributed by atoms with Gasteiger partial charge in [-0.15, -0.1) is 0 Å². The van der Waals surface area contributed by atoms with Crippen molar-refractivity contribution in [2.45, 2.75) is 285 Å². The molecule has 462 valence electrons. The first-order valence-electron chi connectivity index (χ1n) is 29.3. The summed E-state index contributed by atoms with van der Waals surface area (Å²) in [6, 6.07) is 0. The number of methoxy groups -OCH3 is 2. The maximum absolute atomic E-state index is 13.4. The van der Waals surface area contributed by atoms with Crippen molar-refractivity contribution in [3.8, 4) is 0 Å². The number of carbonyl (C=O) groups excluding carboxylic acids is 2. The van der Waals surface area contributed by atoms with Gasteiger partial charge in [-0.25, -0.2) is 4.79 Å². The van der Waals surface area contributed by atoms with Crippen molar-refractivity contribution in [1.82, 2.24) is 0 Å². The summed E-state index contributed by atoms with van der Waals surface area (Å²) in [5.41, 5.74) is -3.45. The average molecular weight is 1160 g/mol. The van der Waals surface area contributed by atoms with Crippen LogP contribution >= 0.6 is 0 Å². The molecule has 0 unspecified atom stereocenters. The van der Waals surface area contributed by atoms with Crippen LogP contribution in [0.2, 0.25) is 0 Å². The molecule has 0 aromatic heterocycles. The maximum atomic E-state index is 13.4. The van der Waals surface area contributed by atoms with Gasteiger partial charge in [0.25, 0.3) is 0 Å². The van der Waals surface area contributed by atoms with Gasteiger partial charge in [0, 0.05) is 62.7 Å². The summed E-state index contributed by atoms with van der Waals surface area (Å²) in [5.74, 6) is -1.64. The normalized spacial score (nSPS) is 51.3. The molecule has 4 aliphatic carbocycles. The number of hydrogen-bond acceptors (Lipinski definition) is 23. The SMILES string of the molecule is C/C=C(\C)C(=O)O[C@@H]1C[C@@H]2[C@@]3(C)CC[C@H](O[C@H]4C[C@H](OC)[C@H](O[C@H]5C[C@H](O)[C@H](O[C@H]6C[C@H](O)[C@H](O[C@H]7C[C@@H](OC)[C@H](O[C@@H]8O[C@H](CO)[C@@H](O)[C@H](O)[C@H]8O)[C@@H](C)O7)[C@@H](C)O6)[C@@H](C)O5)[C@@H](C)O4)CC3=CC[C@@]2(O)[C@@]2(O)CC[C@H](C(C)=O)[C@@]12C. The number of esters is 1. The lowest BCUT2D eigenvalue weighted by molar-refractivity contribution is -0.357. The van der Waals surface area contributed by atoms with Gasteiger partial charge in [-0.3, -0.25) is 4.79 Å². The molecule has 5 heterocycles. The van der Waals surface area contributed by atoms with Crippen molar-refractivity contribution in [3.63, 3.8) is 0 Å². The average Bonchev–Trinajstić information content (AvgIpc) is 4.02. The minimum absolute atomic E-state index is 0.00455. The lowest BCUT2D eigenvalue weighted by Crippen LogP contribution is -2.75. The summed E-state index contributed by atoms with van der Waals surface area (Å²) >= 11 is 0. The first kappa shape index (κ1) is 63.3. The van der Waals surface area contributed by atoms with Crippen LogP contribution in [0.5, 0.6) is 0 Å². The fourth-order valence-electron chi connectivity index (χ4n) is 15.6. The van der Waals surface area contributed by atoms with Gasteiger partial charge in [-0.05, 0) is 98.8 Å². The summed E-state index contributed by atoms with van der Waals surface area (Å²) < 4.78 is 80.5. The highest BCUT2D eigenvalue weighted by atomic mass is 16.8. The Morgan fingerprint density at radius 3 is 1.70 bits per heavy atom. The quantitative estimate of drug-likeness (QED) is 0.0622. The Bertz CT molecular complexity index is 2230. The Kier molecular flexibility index (Phi) is 19.5. The molecule has 29 atom stereocenters. The molecule has 0 spiro atoms. The number of carbonyl (C=O) groups is 2. The van der Waals surface area contributed by atoms with Gasteiger partial charge in [-0.1, -0.05) is 31.6 Å². The second-order valence-electron chi connectivity index (χ2n) is 25.1. The van der Waals surface area contributed by atoms with E-state index in [-0.39, 0.29) is 44.0 Å². The van der Waals surface area contributed by atoms with Gasteiger partial charge in [0.15, 0.2) is 31.5 Å². The van der Waals surface area contributed by atoms with Gasteiger partial charge in [0.05, 0.1) is 61.5 Å². The molecular weight excluding hydrogens is 1060 g/mol. The number of hydrogen-bond donors (Lipinski definition) is 8. The van der Waals surface area contributed by atoms with E-state index in [1.54, 1.807) is 47.8 Å². The number of fused-ring (bicyclic) bond motifs is 5. The molecule has 0 amide bonds. The first-order chi connectivity index (χ1) is 38.2. The lowest BCUT2D eigenvalue weighted by Gasteiger charge is -2.66. The van der Waals surface area contributed by atoms with Crippen molar-refractivity contribution < 1.29 is 112 Å². The fourth-order valence-corrected chi connectivity index (χ4v) is 15.6. The molecule has 0 bridgehead atoms. The largest absolute Gasteiger partial charge is 0.458 e. The van der Waals surface area contributed by atoms with Crippen molar-refractivity contribution in [2.75, 3.05) is 20.8 Å². The van der Waals surface area contributed by atoms with Crippen molar-refractivity contribution in [3.05, 3.63) is 23.3 Å². The van der Waals surface area contributed by atoms with Gasteiger partial charge >= 0.3 is 5.97 Å². The van der Waals surface area contributed by atoms with Gasteiger partial charge < -0.3 is 102 Å². The molecule has 0 aromatic carbocycles. The van der Waals surface area contributed by atoms with Crippen LogP contribution in [0.3, 0.4) is 0 Å². The Hall–Kier alpha value is -2.18. The van der Waals surface area contributed by atoms with E-state index in [0.717, 1.165) is 5.57 Å². The second kappa shape index (κ2) is 24.9. The standard InChI is InChI=1S/C58H92O23/c1-12-26(2)53(66)77-41-24-40-55(8)16-14-33(19-32(55)13-17-57(40,67)58(68)18-15-34(27(3)60)56(41,58)9)75-44-22-37(69-10)51(30(6)73-44)80-43-21-36(62)49(28(4)72-43)78-42-20-35(61)50(29(5)71-42)79-45-23-38(70-11)52(31(7)74-45)81-54-48(65)47(64)46(63)39(25-59)76-54/h12-13,28-31,33-52,54,59,61-65,67-68H,14-25H2,1-11H3/b26-12+/t28-,29-,30-,31-,33+,34-,35+,36+,37+,38-,39-,40-,41-,42+,43+,44+,45+,46-,47+,48-,49-,50-,51-,52-,54+,55+,56+,57+,58-/m1/s1. The molecular formula is C58H92O23. The third-order valence-corrected chi connectivity index (χ3v) is 20.5. The van der Waals surface area contributed by atoms with Crippen LogP contribution in [0, 0.1) is 22.7 Å². The van der Waals surface area contributed by atoms with Gasteiger partial charge in [0.1, 0.15) is 71.9 Å². The fraction of sp³-hybridized carbons (Fsp3) is 0.897. The Morgan fingerprint density at radius 1 is 0.667 bits per heavy atom. The summed E-state index contributed by atoms with van der Waals surface area (Å²) in [6.45, 7) is 15.4. The Balaban J connectivity index is 0.754. The molecule has 81 heavy (non-hydrogen) atoms. The Morgan fingerprint density at radius 2 is 1.19 bits per heavy atom. The topological polar surface area (TPSA) is 316 Å². The highest BCUT2D eigenvalue weighted by molar-refractivity contribution is 5.88. The van der Waals surface area contributed by atoms with Crippen LogP contribution in [-0.2, 0) is 71.2 Å². The zero-order valence-electron chi connectivity index (χ0n) is 48.8. The van der Waals surface area contributed by atoms with Crippen LogP contribution in [0.15, 0.2) is 23.3 Å². The third kappa shape index (κ3) is 11.7. The van der Waals surface area contributed by atoms with E-state index in [4.69, 9.17) is 61.6 Å². The minimum Gasteiger partial charge on any atom is -0.458 e. The molecule has 3 saturated carbocycles. The first-order valence-corrected chi connectivity index (χ1v) is 29.3. The predicted octanol–water partition coefficient (Wildman–Crippen LogP) is 1.89. The predicted molar refractivity (Wildman–Crippen MR) is 281 cm³/mol. The van der Waals surface area contributed by atoms with E-state index in [9.17, 15) is 50.4 Å². The van der Waals surface area contributed by atoms with E-state index in [2.05, 4.69) is 13.0 Å². The molecule has 9 rings (SSSR count). The van der Waals surface area contributed by atoms with E-state index >= 15 is 0 Å². The second-order valence-corrected chi connectivity index (χ2v) is 25.1. The number of Topliss-reactive ketones (excluding diaryl/α,β-unsaturated/α-hetero) is 1. The number of ether oxygens (including phenoxy) is 13. The molecule has 5 aliphatic heterocycles. The summed E-state index contributed by atoms with van der Waals surface area (Å²) in [5, 5.41) is 89.4. The summed E-state index contributed by atoms with van der Waals surface area (Å²) in [7, 11) is 3.07. The van der Waals surface area contributed by atoms with Crippen LogP contribution in [0.25, 0.3) is 0 Å². The molecule has 23 heteroatoms. The van der Waals surface area contributed by atoms with Crippen LogP contribution in [-0.4, -0.2) is 226 Å². The number of ketones is 1. The summed E-state index contributed by atoms with van der Waals surface area (Å²) in [6.07, 6.45) is -13.3. The number of aliphatic hydroxyl groups excluding tert-OH is 6. The molecule has 5 saturated heterocycles. The zero-order chi connectivity index (χ0) is 58.8. The maximum Gasteiger partial charge on any atom is 0.333 e. The van der Waals surface area contributed by atoms with Crippen LogP contribution in [0.4, 0.5) is 0 Å². The van der Waals surface area contributed by atoms with E-state index in [1.807, 2.05) is 13.8 Å². The van der Waals surface area contributed by atoms with E-state index < -0.39 is 182 Å². The van der Waals surface area contributed by atoms with Gasteiger partial charge in [-0.2, -0.15) is 0 Å². The molecule has 0 radical (unpaired) electrons. The zero-order valence-corrected chi connectivity index (χ0v) is 48.8.